The number of pyridine rings is 1. The van der Waals surface area contributed by atoms with Crippen LogP contribution in [-0.4, -0.2) is 12.1 Å². The summed E-state index contributed by atoms with van der Waals surface area (Å²) in [6.07, 6.45) is 1.79. The Morgan fingerprint density at radius 3 is 2.73 bits per heavy atom. The Hall–Kier alpha value is -1.57. The summed E-state index contributed by atoms with van der Waals surface area (Å²) < 4.78 is 5.36. The van der Waals surface area contributed by atoms with Gasteiger partial charge in [-0.15, -0.1) is 0 Å². The second-order valence-electron chi connectivity index (χ2n) is 3.95. The predicted molar refractivity (Wildman–Crippen MR) is 62.4 cm³/mol. The van der Waals surface area contributed by atoms with Gasteiger partial charge < -0.3 is 4.74 Å². The van der Waals surface area contributed by atoms with E-state index < -0.39 is 0 Å². The molecule has 1 aromatic heterocycles. The van der Waals surface area contributed by atoms with Gasteiger partial charge in [0.05, 0.1) is 7.11 Å². The Labute approximate surface area is 89.9 Å². The van der Waals surface area contributed by atoms with Crippen LogP contribution in [0, 0.1) is 0 Å². The lowest BCUT2D eigenvalue weighted by atomic mass is 10.0. The van der Waals surface area contributed by atoms with E-state index in [4.69, 9.17) is 4.74 Å². The van der Waals surface area contributed by atoms with Gasteiger partial charge in [0.2, 0.25) is 0 Å². The molecule has 2 aromatic rings. The molecular weight excluding hydrogens is 186 g/mol. The molecule has 0 N–H and O–H groups in total. The molecule has 2 heteroatoms. The second-order valence-corrected chi connectivity index (χ2v) is 3.95. The topological polar surface area (TPSA) is 22.1 Å². The van der Waals surface area contributed by atoms with Crippen LogP contribution in [0.5, 0.6) is 5.75 Å². The van der Waals surface area contributed by atoms with E-state index in [-0.39, 0.29) is 0 Å². The van der Waals surface area contributed by atoms with Gasteiger partial charge in [-0.05, 0) is 29.7 Å². The lowest BCUT2D eigenvalue weighted by Gasteiger charge is -2.10. The summed E-state index contributed by atoms with van der Waals surface area (Å²) in [5.74, 6) is 1.36. The van der Waals surface area contributed by atoms with E-state index in [2.05, 4.69) is 37.0 Å². The van der Waals surface area contributed by atoms with Gasteiger partial charge in [-0.2, -0.15) is 0 Å². The van der Waals surface area contributed by atoms with E-state index in [9.17, 15) is 0 Å². The maximum atomic E-state index is 5.36. The number of rotatable bonds is 2. The number of hydrogen-bond acceptors (Lipinski definition) is 2. The van der Waals surface area contributed by atoms with Gasteiger partial charge in [-0.3, -0.25) is 4.98 Å². The minimum Gasteiger partial charge on any atom is -0.494 e. The summed E-state index contributed by atoms with van der Waals surface area (Å²) in [6, 6.07) is 8.26. The van der Waals surface area contributed by atoms with Crippen LogP contribution in [0.15, 0.2) is 30.5 Å². The maximum absolute atomic E-state index is 5.36. The molecule has 0 bridgehead atoms. The largest absolute Gasteiger partial charge is 0.494 e. The fourth-order valence-corrected chi connectivity index (χ4v) is 1.67. The first-order valence-corrected chi connectivity index (χ1v) is 5.15. The Bertz CT molecular complexity index is 477. The molecule has 0 radical (unpaired) electrons. The van der Waals surface area contributed by atoms with Gasteiger partial charge in [-0.25, -0.2) is 0 Å². The molecule has 1 heterocycles. The summed E-state index contributed by atoms with van der Waals surface area (Å²) >= 11 is 0. The van der Waals surface area contributed by atoms with Gasteiger partial charge in [-0.1, -0.05) is 19.9 Å². The fraction of sp³-hybridized carbons (Fsp3) is 0.308. The molecular formula is C13H15NO. The van der Waals surface area contributed by atoms with Crippen molar-refractivity contribution in [3.63, 3.8) is 0 Å². The van der Waals surface area contributed by atoms with E-state index in [0.29, 0.717) is 5.92 Å². The summed E-state index contributed by atoms with van der Waals surface area (Å²) in [4.78, 5) is 4.33. The van der Waals surface area contributed by atoms with E-state index >= 15 is 0 Å². The van der Waals surface area contributed by atoms with E-state index in [1.165, 1.54) is 5.56 Å². The number of fused-ring (bicyclic) bond motifs is 1. The highest BCUT2D eigenvalue weighted by Crippen LogP contribution is 2.28. The van der Waals surface area contributed by atoms with Crippen molar-refractivity contribution < 1.29 is 4.74 Å². The highest BCUT2D eigenvalue weighted by Gasteiger charge is 2.07. The molecule has 78 valence electrons. The summed E-state index contributed by atoms with van der Waals surface area (Å²) in [7, 11) is 1.69. The number of aromatic nitrogens is 1. The maximum Gasteiger partial charge on any atom is 0.145 e. The molecule has 2 nitrogen and oxygen atoms in total. The quantitative estimate of drug-likeness (QED) is 0.743. The molecule has 0 aliphatic carbocycles. The first-order chi connectivity index (χ1) is 7.22. The van der Waals surface area contributed by atoms with Gasteiger partial charge >= 0.3 is 0 Å². The number of methoxy groups -OCH3 is 1. The Morgan fingerprint density at radius 2 is 2.07 bits per heavy atom. The highest BCUT2D eigenvalue weighted by atomic mass is 16.5. The van der Waals surface area contributed by atoms with Gasteiger partial charge in [0, 0.05) is 11.6 Å². The Morgan fingerprint density at radius 1 is 1.27 bits per heavy atom. The monoisotopic (exact) mass is 201 g/mol. The average Bonchev–Trinajstić information content (AvgIpc) is 2.27. The molecule has 0 saturated carbocycles. The summed E-state index contributed by atoms with van der Waals surface area (Å²) in [5, 5.41) is 1.14. The minimum atomic E-state index is 0.503. The average molecular weight is 201 g/mol. The molecule has 0 amide bonds. The van der Waals surface area contributed by atoms with Gasteiger partial charge in [0.1, 0.15) is 11.3 Å². The zero-order chi connectivity index (χ0) is 10.8. The fourth-order valence-electron chi connectivity index (χ4n) is 1.67. The molecule has 0 unspecified atom stereocenters. The van der Waals surface area contributed by atoms with Crippen LogP contribution >= 0.6 is 0 Å². The van der Waals surface area contributed by atoms with E-state index in [1.807, 2.05) is 6.07 Å². The van der Waals surface area contributed by atoms with Gasteiger partial charge in [0.25, 0.3) is 0 Å². The molecule has 2 rings (SSSR count). The van der Waals surface area contributed by atoms with Crippen LogP contribution in [-0.2, 0) is 0 Å². The number of benzene rings is 1. The third kappa shape index (κ3) is 1.80. The lowest BCUT2D eigenvalue weighted by Crippen LogP contribution is -1.92. The Balaban J connectivity index is 2.71. The van der Waals surface area contributed by atoms with Crippen LogP contribution in [0.1, 0.15) is 25.3 Å². The molecule has 0 aliphatic rings. The molecule has 0 fully saturated rings. The number of ether oxygens (including phenoxy) is 1. The standard InChI is InChI=1S/C13H15NO/c1-9(2)11-7-10-5-4-6-14-13(10)12(8-11)15-3/h4-9H,1-3H3. The molecule has 0 atom stereocenters. The first-order valence-electron chi connectivity index (χ1n) is 5.15. The third-order valence-electron chi connectivity index (χ3n) is 2.58. The molecule has 0 saturated heterocycles. The molecule has 0 aliphatic heterocycles. The smallest absolute Gasteiger partial charge is 0.145 e. The van der Waals surface area contributed by atoms with Crippen molar-refractivity contribution in [3.05, 3.63) is 36.0 Å². The highest BCUT2D eigenvalue weighted by molar-refractivity contribution is 5.85. The summed E-state index contributed by atoms with van der Waals surface area (Å²) in [6.45, 7) is 4.36. The number of hydrogen-bond donors (Lipinski definition) is 0. The van der Waals surface area contributed by atoms with E-state index in [1.54, 1.807) is 13.3 Å². The molecule has 1 aromatic carbocycles. The number of nitrogens with zero attached hydrogens (tertiary/aromatic N) is 1. The minimum absolute atomic E-state index is 0.503. The lowest BCUT2D eigenvalue weighted by molar-refractivity contribution is 0.418. The molecule has 15 heavy (non-hydrogen) atoms. The van der Waals surface area contributed by atoms with Crippen molar-refractivity contribution in [1.29, 1.82) is 0 Å². The second kappa shape index (κ2) is 3.89. The van der Waals surface area contributed by atoms with Crippen molar-refractivity contribution in [2.24, 2.45) is 0 Å². The third-order valence-corrected chi connectivity index (χ3v) is 2.58. The summed E-state index contributed by atoms with van der Waals surface area (Å²) in [5.41, 5.74) is 2.22. The van der Waals surface area contributed by atoms with Crippen molar-refractivity contribution in [1.82, 2.24) is 4.98 Å². The normalized spacial score (nSPS) is 10.9. The van der Waals surface area contributed by atoms with Crippen molar-refractivity contribution in [3.8, 4) is 5.75 Å². The zero-order valence-corrected chi connectivity index (χ0v) is 9.32. The SMILES string of the molecule is COc1cc(C(C)C)cc2cccnc12. The van der Waals surface area contributed by atoms with Crippen molar-refractivity contribution in [2.75, 3.05) is 7.11 Å². The van der Waals surface area contributed by atoms with Gasteiger partial charge in [0.15, 0.2) is 0 Å². The van der Waals surface area contributed by atoms with Crippen molar-refractivity contribution >= 4 is 10.9 Å². The van der Waals surface area contributed by atoms with Crippen LogP contribution in [0.4, 0.5) is 0 Å². The molecule has 0 spiro atoms. The van der Waals surface area contributed by atoms with E-state index in [0.717, 1.165) is 16.7 Å². The van der Waals surface area contributed by atoms with Crippen LogP contribution in [0.2, 0.25) is 0 Å². The van der Waals surface area contributed by atoms with Crippen LogP contribution in [0.3, 0.4) is 0 Å². The van der Waals surface area contributed by atoms with Crippen molar-refractivity contribution in [2.45, 2.75) is 19.8 Å². The predicted octanol–water partition coefficient (Wildman–Crippen LogP) is 3.37. The Kier molecular flexibility index (Phi) is 2.58. The van der Waals surface area contributed by atoms with Crippen LogP contribution < -0.4 is 4.74 Å². The first kappa shape index (κ1) is 9.97. The van der Waals surface area contributed by atoms with Crippen LogP contribution in [0.25, 0.3) is 10.9 Å². The zero-order valence-electron chi connectivity index (χ0n) is 9.32.